The number of halogens is 1. The van der Waals surface area contributed by atoms with E-state index >= 15 is 0 Å². The Balaban J connectivity index is 2.10. The molecule has 0 saturated carbocycles. The van der Waals surface area contributed by atoms with E-state index in [-0.39, 0.29) is 0 Å². The summed E-state index contributed by atoms with van der Waals surface area (Å²) in [4.78, 5) is 5.22. The lowest BCUT2D eigenvalue weighted by molar-refractivity contribution is 0.206. The molecular weight excluding hydrogens is 264 g/mol. The maximum Gasteiger partial charge on any atom is 0.00434 e. The second-order valence-corrected chi connectivity index (χ2v) is 5.87. The first-order chi connectivity index (χ1) is 7.74. The summed E-state index contributed by atoms with van der Waals surface area (Å²) in [7, 11) is 0. The van der Waals surface area contributed by atoms with Crippen molar-refractivity contribution in [2.24, 2.45) is 0 Å². The number of alkyl halides is 1. The zero-order valence-corrected chi connectivity index (χ0v) is 12.5. The van der Waals surface area contributed by atoms with Gasteiger partial charge in [0.1, 0.15) is 0 Å². The zero-order chi connectivity index (χ0) is 11.8. The predicted octanol–water partition coefficient (Wildman–Crippen LogP) is 2.97. The molecule has 0 aromatic carbocycles. The van der Waals surface area contributed by atoms with Gasteiger partial charge in [-0.05, 0) is 72.3 Å². The molecule has 1 heterocycles. The highest BCUT2D eigenvalue weighted by Crippen LogP contribution is 2.09. The van der Waals surface area contributed by atoms with Crippen LogP contribution in [0.4, 0.5) is 0 Å². The molecule has 0 aromatic rings. The first-order valence-electron chi connectivity index (χ1n) is 6.76. The molecule has 96 valence electrons. The molecule has 0 atom stereocenters. The molecule has 3 heteroatoms. The zero-order valence-electron chi connectivity index (χ0n) is 10.9. The van der Waals surface area contributed by atoms with Crippen LogP contribution in [0.15, 0.2) is 0 Å². The molecule has 2 nitrogen and oxygen atoms in total. The summed E-state index contributed by atoms with van der Waals surface area (Å²) in [6.45, 7) is 11.1. The van der Waals surface area contributed by atoms with E-state index in [2.05, 4.69) is 39.6 Å². The predicted molar refractivity (Wildman–Crippen MR) is 75.4 cm³/mol. The highest BCUT2D eigenvalue weighted by atomic mass is 79.9. The Kier molecular flexibility index (Phi) is 7.67. The Hall–Kier alpha value is 0.400. The minimum absolute atomic E-state index is 0.692. The van der Waals surface area contributed by atoms with Gasteiger partial charge < -0.3 is 9.80 Å². The van der Waals surface area contributed by atoms with Crippen LogP contribution < -0.4 is 0 Å². The maximum absolute atomic E-state index is 3.51. The van der Waals surface area contributed by atoms with Gasteiger partial charge in [-0.3, -0.25) is 0 Å². The van der Waals surface area contributed by atoms with Gasteiger partial charge in [0.2, 0.25) is 0 Å². The van der Waals surface area contributed by atoms with E-state index in [9.17, 15) is 0 Å². The second kappa shape index (κ2) is 8.48. The van der Waals surface area contributed by atoms with E-state index in [4.69, 9.17) is 0 Å². The minimum Gasteiger partial charge on any atom is -0.303 e. The van der Waals surface area contributed by atoms with Crippen LogP contribution in [0.5, 0.6) is 0 Å². The second-order valence-electron chi connectivity index (χ2n) is 5.07. The first-order valence-corrected chi connectivity index (χ1v) is 7.88. The number of hydrogen-bond acceptors (Lipinski definition) is 2. The normalized spacial score (nSPS) is 17.8. The van der Waals surface area contributed by atoms with Crippen molar-refractivity contribution in [1.82, 2.24) is 9.80 Å². The molecule has 1 saturated heterocycles. The number of likely N-dealkylation sites (tertiary alicyclic amines) is 1. The van der Waals surface area contributed by atoms with E-state index in [1.54, 1.807) is 0 Å². The van der Waals surface area contributed by atoms with E-state index in [1.165, 1.54) is 58.4 Å². The Bertz CT molecular complexity index is 167. The quantitative estimate of drug-likeness (QED) is 0.634. The van der Waals surface area contributed by atoms with Gasteiger partial charge in [-0.25, -0.2) is 0 Å². The standard InChI is InChI=1S/C13H27BrN2/c1-13(2)16(11-5-7-14)12-6-10-15-8-3-4-9-15/h13H,3-12H2,1-2H3. The molecule has 0 radical (unpaired) electrons. The van der Waals surface area contributed by atoms with Crippen molar-refractivity contribution in [2.45, 2.75) is 45.6 Å². The van der Waals surface area contributed by atoms with Crippen molar-refractivity contribution in [3.8, 4) is 0 Å². The Morgan fingerprint density at radius 2 is 1.75 bits per heavy atom. The lowest BCUT2D eigenvalue weighted by atomic mass is 10.2. The lowest BCUT2D eigenvalue weighted by Gasteiger charge is -2.27. The third kappa shape index (κ3) is 5.65. The average molecular weight is 291 g/mol. The van der Waals surface area contributed by atoms with Crippen LogP contribution in [0.1, 0.15) is 39.5 Å². The van der Waals surface area contributed by atoms with Gasteiger partial charge in [0.15, 0.2) is 0 Å². The monoisotopic (exact) mass is 290 g/mol. The largest absolute Gasteiger partial charge is 0.303 e. The fourth-order valence-electron chi connectivity index (χ4n) is 2.39. The van der Waals surface area contributed by atoms with Gasteiger partial charge in [0, 0.05) is 11.4 Å². The average Bonchev–Trinajstić information content (AvgIpc) is 2.75. The lowest BCUT2D eigenvalue weighted by Crippen LogP contribution is -2.34. The topological polar surface area (TPSA) is 6.48 Å². The fraction of sp³-hybridized carbons (Fsp3) is 1.00. The van der Waals surface area contributed by atoms with E-state index < -0.39 is 0 Å². The Morgan fingerprint density at radius 1 is 1.12 bits per heavy atom. The van der Waals surface area contributed by atoms with Crippen molar-refractivity contribution in [3.05, 3.63) is 0 Å². The van der Waals surface area contributed by atoms with Gasteiger partial charge in [-0.2, -0.15) is 0 Å². The molecule has 0 unspecified atom stereocenters. The summed E-state index contributed by atoms with van der Waals surface area (Å²) in [6.07, 6.45) is 5.43. The SMILES string of the molecule is CC(C)N(CCCBr)CCCN1CCCC1. The summed E-state index contributed by atoms with van der Waals surface area (Å²) in [5.74, 6) is 0. The van der Waals surface area contributed by atoms with Crippen LogP contribution in [0.3, 0.4) is 0 Å². The van der Waals surface area contributed by atoms with Gasteiger partial charge in [0.05, 0.1) is 0 Å². The molecule has 0 aliphatic carbocycles. The third-order valence-electron chi connectivity index (χ3n) is 3.43. The van der Waals surface area contributed by atoms with Crippen LogP contribution in [-0.4, -0.2) is 53.9 Å². The molecule has 0 bridgehead atoms. The van der Waals surface area contributed by atoms with Crippen LogP contribution in [-0.2, 0) is 0 Å². The van der Waals surface area contributed by atoms with E-state index in [0.29, 0.717) is 6.04 Å². The molecule has 1 rings (SSSR count). The van der Waals surface area contributed by atoms with Crippen molar-refractivity contribution < 1.29 is 0 Å². The van der Waals surface area contributed by atoms with Crippen LogP contribution in [0, 0.1) is 0 Å². The van der Waals surface area contributed by atoms with Crippen molar-refractivity contribution >= 4 is 15.9 Å². The van der Waals surface area contributed by atoms with Crippen molar-refractivity contribution in [2.75, 3.05) is 38.1 Å². The van der Waals surface area contributed by atoms with Crippen molar-refractivity contribution in [1.29, 1.82) is 0 Å². The molecule has 1 fully saturated rings. The highest BCUT2D eigenvalue weighted by molar-refractivity contribution is 9.09. The highest BCUT2D eigenvalue weighted by Gasteiger charge is 2.12. The summed E-state index contributed by atoms with van der Waals surface area (Å²) in [6, 6.07) is 0.692. The first kappa shape index (κ1) is 14.5. The van der Waals surface area contributed by atoms with Crippen LogP contribution >= 0.6 is 15.9 Å². The fourth-order valence-corrected chi connectivity index (χ4v) is 2.65. The van der Waals surface area contributed by atoms with Gasteiger partial charge >= 0.3 is 0 Å². The Labute approximate surface area is 109 Å². The molecule has 0 N–H and O–H groups in total. The van der Waals surface area contributed by atoms with E-state index in [1.807, 2.05) is 0 Å². The molecule has 0 amide bonds. The molecular formula is C13H27BrN2. The molecule has 0 aromatic heterocycles. The van der Waals surface area contributed by atoms with Crippen LogP contribution in [0.25, 0.3) is 0 Å². The summed E-state index contributed by atoms with van der Waals surface area (Å²) < 4.78 is 0. The Morgan fingerprint density at radius 3 is 2.31 bits per heavy atom. The van der Waals surface area contributed by atoms with Crippen molar-refractivity contribution in [3.63, 3.8) is 0 Å². The third-order valence-corrected chi connectivity index (χ3v) is 3.99. The number of hydrogen-bond donors (Lipinski definition) is 0. The van der Waals surface area contributed by atoms with Crippen LogP contribution in [0.2, 0.25) is 0 Å². The molecule has 1 aliphatic rings. The summed E-state index contributed by atoms with van der Waals surface area (Å²) in [5.41, 5.74) is 0. The van der Waals surface area contributed by atoms with Gasteiger partial charge in [-0.15, -0.1) is 0 Å². The molecule has 1 aliphatic heterocycles. The summed E-state index contributed by atoms with van der Waals surface area (Å²) in [5, 5.41) is 1.13. The smallest absolute Gasteiger partial charge is 0.00434 e. The van der Waals surface area contributed by atoms with E-state index in [0.717, 1.165) is 5.33 Å². The molecule has 16 heavy (non-hydrogen) atoms. The maximum atomic E-state index is 3.51. The van der Waals surface area contributed by atoms with Gasteiger partial charge in [0.25, 0.3) is 0 Å². The number of nitrogens with zero attached hydrogens (tertiary/aromatic N) is 2. The van der Waals surface area contributed by atoms with Gasteiger partial charge in [-0.1, -0.05) is 15.9 Å². The minimum atomic E-state index is 0.692. The summed E-state index contributed by atoms with van der Waals surface area (Å²) >= 11 is 3.51. The number of rotatable bonds is 8. The molecule has 0 spiro atoms.